The summed E-state index contributed by atoms with van der Waals surface area (Å²) in [6.45, 7) is 4.55. The molecule has 0 atom stereocenters. The summed E-state index contributed by atoms with van der Waals surface area (Å²) in [7, 11) is 3.52. The molecule has 0 radical (unpaired) electrons. The van der Waals surface area contributed by atoms with E-state index >= 15 is 0 Å². The van der Waals surface area contributed by atoms with Crippen LogP contribution in [0.15, 0.2) is 23.0 Å². The van der Waals surface area contributed by atoms with Crippen LogP contribution < -0.4 is 11.0 Å². The highest BCUT2D eigenvalue weighted by atomic mass is 16.2. The molecule has 1 N–H and O–H groups in total. The van der Waals surface area contributed by atoms with Crippen LogP contribution in [0.5, 0.6) is 0 Å². The molecule has 5 heteroatoms. The number of rotatable bonds is 5. The van der Waals surface area contributed by atoms with Crippen LogP contribution >= 0.6 is 0 Å². The number of nitrogens with zero attached hydrogens (tertiary/aromatic N) is 2. The summed E-state index contributed by atoms with van der Waals surface area (Å²) in [6.07, 6.45) is 1.71. The summed E-state index contributed by atoms with van der Waals surface area (Å²) < 4.78 is 3.25. The van der Waals surface area contributed by atoms with Crippen molar-refractivity contribution in [2.45, 2.75) is 33.2 Å². The molecule has 2 rings (SSSR count). The molecular formula is C16H23N3O2. The number of fused-ring (bicyclic) bond motifs is 1. The maximum Gasteiger partial charge on any atom is 0.328 e. The van der Waals surface area contributed by atoms with E-state index in [9.17, 15) is 9.59 Å². The van der Waals surface area contributed by atoms with E-state index in [4.69, 9.17) is 0 Å². The summed E-state index contributed by atoms with van der Waals surface area (Å²) in [5.74, 6) is 0.178. The second kappa shape index (κ2) is 6.16. The van der Waals surface area contributed by atoms with Gasteiger partial charge in [0.05, 0.1) is 11.0 Å². The Morgan fingerprint density at radius 2 is 1.76 bits per heavy atom. The van der Waals surface area contributed by atoms with Gasteiger partial charge in [-0.05, 0) is 30.5 Å². The topological polar surface area (TPSA) is 56.0 Å². The number of imidazole rings is 1. The lowest BCUT2D eigenvalue weighted by Gasteiger charge is -2.12. The smallest absolute Gasteiger partial charge is 0.328 e. The number of hydrogen-bond acceptors (Lipinski definition) is 2. The predicted octanol–water partition coefficient (Wildman–Crippen LogP) is 1.93. The summed E-state index contributed by atoms with van der Waals surface area (Å²) in [5, 5.41) is 2.97. The molecule has 0 saturated carbocycles. The van der Waals surface area contributed by atoms with Crippen molar-refractivity contribution in [1.82, 2.24) is 14.5 Å². The highest BCUT2D eigenvalue weighted by molar-refractivity contribution is 5.79. The van der Waals surface area contributed by atoms with Crippen molar-refractivity contribution in [1.29, 1.82) is 0 Å². The first kappa shape index (κ1) is 15.4. The van der Waals surface area contributed by atoms with Gasteiger partial charge in [0.15, 0.2) is 0 Å². The number of hydrogen-bond donors (Lipinski definition) is 1. The molecule has 0 saturated heterocycles. The molecule has 114 valence electrons. The van der Waals surface area contributed by atoms with Crippen molar-refractivity contribution in [2.75, 3.05) is 0 Å². The fraction of sp³-hybridized carbons (Fsp3) is 0.500. The first-order valence-corrected chi connectivity index (χ1v) is 7.41. The summed E-state index contributed by atoms with van der Waals surface area (Å²) in [6, 6.07) is 5.84. The Balaban J connectivity index is 2.19. The zero-order chi connectivity index (χ0) is 15.6. The molecule has 1 aromatic carbocycles. The average molecular weight is 289 g/mol. The van der Waals surface area contributed by atoms with Gasteiger partial charge in [-0.15, -0.1) is 0 Å². The van der Waals surface area contributed by atoms with Gasteiger partial charge in [-0.3, -0.25) is 13.9 Å². The van der Waals surface area contributed by atoms with E-state index in [2.05, 4.69) is 5.32 Å². The third-order valence-electron chi connectivity index (χ3n) is 4.16. The molecule has 1 amide bonds. The Kier molecular flexibility index (Phi) is 4.50. The summed E-state index contributed by atoms with van der Waals surface area (Å²) >= 11 is 0. The average Bonchev–Trinajstić information content (AvgIpc) is 2.71. The van der Waals surface area contributed by atoms with Gasteiger partial charge in [0.1, 0.15) is 0 Å². The minimum atomic E-state index is -0.0387. The monoisotopic (exact) mass is 289 g/mol. The molecule has 5 nitrogen and oxygen atoms in total. The fourth-order valence-corrected chi connectivity index (χ4v) is 2.66. The van der Waals surface area contributed by atoms with Gasteiger partial charge in [-0.25, -0.2) is 4.79 Å². The Bertz CT molecular complexity index is 708. The Morgan fingerprint density at radius 1 is 1.14 bits per heavy atom. The minimum absolute atomic E-state index is 0.0387. The molecule has 0 bridgehead atoms. The van der Waals surface area contributed by atoms with E-state index in [-0.39, 0.29) is 17.5 Å². The number of nitrogens with one attached hydrogen (secondary N) is 1. The van der Waals surface area contributed by atoms with Crippen LogP contribution in [0.1, 0.15) is 32.3 Å². The van der Waals surface area contributed by atoms with E-state index < -0.39 is 0 Å². The second-order valence-electron chi connectivity index (χ2n) is 5.45. The maximum atomic E-state index is 12.0. The first-order valence-electron chi connectivity index (χ1n) is 7.41. The van der Waals surface area contributed by atoms with E-state index in [1.807, 2.05) is 32.0 Å². The Hall–Kier alpha value is -2.04. The largest absolute Gasteiger partial charge is 0.352 e. The molecule has 21 heavy (non-hydrogen) atoms. The Morgan fingerprint density at radius 3 is 2.38 bits per heavy atom. The van der Waals surface area contributed by atoms with Gasteiger partial charge in [0.25, 0.3) is 0 Å². The molecule has 0 fully saturated rings. The van der Waals surface area contributed by atoms with Gasteiger partial charge in [-0.1, -0.05) is 19.9 Å². The van der Waals surface area contributed by atoms with Crippen LogP contribution in [0.2, 0.25) is 0 Å². The molecule has 0 aliphatic rings. The quantitative estimate of drug-likeness (QED) is 0.914. The lowest BCUT2D eigenvalue weighted by Crippen LogP contribution is -2.29. The van der Waals surface area contributed by atoms with Crippen LogP contribution in [-0.2, 0) is 25.4 Å². The summed E-state index contributed by atoms with van der Waals surface area (Å²) in [4.78, 5) is 23.9. The highest BCUT2D eigenvalue weighted by Gasteiger charge is 2.14. The van der Waals surface area contributed by atoms with E-state index in [0.29, 0.717) is 6.54 Å². The molecule has 2 aromatic rings. The molecule has 0 unspecified atom stereocenters. The van der Waals surface area contributed by atoms with Crippen molar-refractivity contribution >= 4 is 16.9 Å². The third-order valence-corrected chi connectivity index (χ3v) is 4.16. The van der Waals surface area contributed by atoms with E-state index in [1.165, 1.54) is 0 Å². The van der Waals surface area contributed by atoms with Gasteiger partial charge >= 0.3 is 5.69 Å². The Labute approximate surface area is 124 Å². The van der Waals surface area contributed by atoms with Gasteiger partial charge in [0, 0.05) is 26.6 Å². The van der Waals surface area contributed by atoms with Crippen molar-refractivity contribution < 1.29 is 4.79 Å². The van der Waals surface area contributed by atoms with Crippen LogP contribution in [-0.4, -0.2) is 15.0 Å². The van der Waals surface area contributed by atoms with Crippen LogP contribution in [0.25, 0.3) is 11.0 Å². The number of carbonyl (C=O) groups is 1. The number of carbonyl (C=O) groups excluding carboxylic acids is 1. The number of benzene rings is 1. The zero-order valence-corrected chi connectivity index (χ0v) is 13.1. The van der Waals surface area contributed by atoms with E-state index in [1.54, 1.807) is 23.2 Å². The zero-order valence-electron chi connectivity index (χ0n) is 13.1. The second-order valence-corrected chi connectivity index (χ2v) is 5.45. The number of aromatic nitrogens is 2. The number of aryl methyl sites for hydroxylation is 2. The van der Waals surface area contributed by atoms with Crippen LogP contribution in [0, 0.1) is 5.92 Å². The SMILES string of the molecule is CCC(CC)C(=O)NCc1ccc2c(c1)n(C)c(=O)n2C. The molecule has 0 aliphatic carbocycles. The third kappa shape index (κ3) is 2.86. The lowest BCUT2D eigenvalue weighted by molar-refractivity contribution is -0.125. The standard InChI is InChI=1S/C16H23N3O2/c1-5-12(6-2)15(20)17-10-11-7-8-13-14(9-11)19(4)16(21)18(13)3/h7-9,12H,5-6,10H2,1-4H3,(H,17,20). The predicted molar refractivity (Wildman–Crippen MR) is 84.1 cm³/mol. The van der Waals surface area contributed by atoms with Gasteiger partial charge in [0.2, 0.25) is 5.91 Å². The minimum Gasteiger partial charge on any atom is -0.352 e. The van der Waals surface area contributed by atoms with Crippen molar-refractivity contribution in [3.63, 3.8) is 0 Å². The highest BCUT2D eigenvalue weighted by Crippen LogP contribution is 2.14. The van der Waals surface area contributed by atoms with Gasteiger partial charge in [-0.2, -0.15) is 0 Å². The van der Waals surface area contributed by atoms with Crippen molar-refractivity contribution in [3.8, 4) is 0 Å². The lowest BCUT2D eigenvalue weighted by atomic mass is 10.0. The van der Waals surface area contributed by atoms with Crippen molar-refractivity contribution in [3.05, 3.63) is 34.2 Å². The normalized spacial score (nSPS) is 11.3. The maximum absolute atomic E-state index is 12.0. The molecule has 1 heterocycles. The molecule has 0 aliphatic heterocycles. The number of amides is 1. The summed E-state index contributed by atoms with van der Waals surface area (Å²) in [5.41, 5.74) is 2.75. The van der Waals surface area contributed by atoms with Gasteiger partial charge < -0.3 is 5.32 Å². The molecule has 1 aromatic heterocycles. The molecule has 0 spiro atoms. The van der Waals surface area contributed by atoms with Crippen LogP contribution in [0.4, 0.5) is 0 Å². The first-order chi connectivity index (χ1) is 9.99. The molecular weight excluding hydrogens is 266 g/mol. The van der Waals surface area contributed by atoms with Crippen LogP contribution in [0.3, 0.4) is 0 Å². The van der Waals surface area contributed by atoms with Crippen molar-refractivity contribution in [2.24, 2.45) is 20.0 Å². The van der Waals surface area contributed by atoms with E-state index in [0.717, 1.165) is 29.4 Å². The fourth-order valence-electron chi connectivity index (χ4n) is 2.66.